The summed E-state index contributed by atoms with van der Waals surface area (Å²) in [5, 5.41) is 2.36. The first kappa shape index (κ1) is 40.1. The monoisotopic (exact) mass is 845 g/mol. The minimum absolute atomic E-state index is 0.676. The zero-order valence-electron chi connectivity index (χ0n) is 36.6. The Morgan fingerprint density at radius 1 is 0.258 bits per heavy atom. The van der Waals surface area contributed by atoms with E-state index in [4.69, 9.17) is 24.9 Å². The van der Waals surface area contributed by atoms with E-state index in [0.29, 0.717) is 11.6 Å². The molecule has 5 heteroatoms. The highest BCUT2D eigenvalue weighted by atomic mass is 14.9. The number of nitrogens with zero attached hydrogens (tertiary/aromatic N) is 5. The summed E-state index contributed by atoms with van der Waals surface area (Å²) in [6, 6.07) is 78.2. The highest BCUT2D eigenvalue weighted by Gasteiger charge is 2.21. The van der Waals surface area contributed by atoms with Gasteiger partial charge in [0.25, 0.3) is 0 Å². The van der Waals surface area contributed by atoms with Crippen LogP contribution in [0, 0.1) is 13.8 Å². The molecule has 5 nitrogen and oxygen atoms in total. The maximum atomic E-state index is 5.28. The molecule has 66 heavy (non-hydrogen) atoms. The van der Waals surface area contributed by atoms with E-state index in [1.54, 1.807) is 0 Å². The van der Waals surface area contributed by atoms with E-state index in [1.807, 2.05) is 49.4 Å². The van der Waals surface area contributed by atoms with E-state index in [0.717, 1.165) is 101 Å². The molecule has 0 aliphatic heterocycles. The zero-order chi connectivity index (χ0) is 44.4. The van der Waals surface area contributed by atoms with Crippen molar-refractivity contribution in [2.45, 2.75) is 13.8 Å². The molecule has 3 aromatic heterocycles. The lowest BCUT2D eigenvalue weighted by Gasteiger charge is -2.20. The number of rotatable bonds is 9. The van der Waals surface area contributed by atoms with E-state index in [-0.39, 0.29) is 0 Å². The van der Waals surface area contributed by atoms with Gasteiger partial charge in [0.1, 0.15) is 0 Å². The molecule has 0 N–H and O–H groups in total. The van der Waals surface area contributed by atoms with Crippen LogP contribution >= 0.6 is 0 Å². The molecule has 11 aromatic rings. The van der Waals surface area contributed by atoms with Gasteiger partial charge in [0.15, 0.2) is 11.6 Å². The average molecular weight is 846 g/mol. The second-order valence-electron chi connectivity index (χ2n) is 16.5. The predicted octanol–water partition coefficient (Wildman–Crippen LogP) is 15.4. The van der Waals surface area contributed by atoms with Gasteiger partial charge in [-0.2, -0.15) is 0 Å². The van der Waals surface area contributed by atoms with Crippen molar-refractivity contribution in [2.75, 3.05) is 0 Å². The first-order valence-corrected chi connectivity index (χ1v) is 22.2. The first-order valence-electron chi connectivity index (χ1n) is 22.2. The Kier molecular flexibility index (Phi) is 10.6. The molecule has 0 spiro atoms. The van der Waals surface area contributed by atoms with Gasteiger partial charge in [0.05, 0.1) is 22.8 Å². The third-order valence-electron chi connectivity index (χ3n) is 12.2. The number of aryl methyl sites for hydroxylation is 2. The summed E-state index contributed by atoms with van der Waals surface area (Å²) in [4.78, 5) is 25.8. The second-order valence-corrected chi connectivity index (χ2v) is 16.5. The van der Waals surface area contributed by atoms with Crippen molar-refractivity contribution < 1.29 is 0 Å². The lowest BCUT2D eigenvalue weighted by atomic mass is 9.84. The van der Waals surface area contributed by atoms with E-state index >= 15 is 0 Å². The molecule has 312 valence electrons. The normalized spacial score (nSPS) is 11.2. The molecule has 0 bridgehead atoms. The molecule has 0 aliphatic rings. The van der Waals surface area contributed by atoms with Crippen LogP contribution in [0.25, 0.3) is 112 Å². The number of fused-ring (bicyclic) bond motifs is 1. The zero-order valence-corrected chi connectivity index (χ0v) is 36.6. The SMILES string of the molecule is Cc1ccc(-c2c(-c3cccc(-c4cc(-c5ccc6ccccc6c5)nc(-c5ccccc5)n4)c3)cccc2-c2ccccc2-c2cc(-c3ccccc3)nc(-c3ccccc3)n2)c(C)n1. The van der Waals surface area contributed by atoms with E-state index in [2.05, 4.69) is 189 Å². The van der Waals surface area contributed by atoms with Crippen LogP contribution in [0.2, 0.25) is 0 Å². The fourth-order valence-corrected chi connectivity index (χ4v) is 8.91. The minimum Gasteiger partial charge on any atom is -0.258 e. The lowest BCUT2D eigenvalue weighted by Crippen LogP contribution is -1.99. The Hall–Kier alpha value is -8.67. The van der Waals surface area contributed by atoms with E-state index in [1.165, 1.54) is 10.8 Å². The van der Waals surface area contributed by atoms with Gasteiger partial charge in [-0.3, -0.25) is 4.98 Å². The number of hydrogen-bond donors (Lipinski definition) is 0. The Labute approximate surface area is 384 Å². The molecule has 8 aromatic carbocycles. The van der Waals surface area contributed by atoms with Crippen molar-refractivity contribution in [3.63, 3.8) is 0 Å². The Morgan fingerprint density at radius 2 is 0.742 bits per heavy atom. The summed E-state index contributed by atoms with van der Waals surface area (Å²) < 4.78 is 0. The van der Waals surface area contributed by atoms with Crippen molar-refractivity contribution in [3.8, 4) is 101 Å². The lowest BCUT2D eigenvalue weighted by molar-refractivity contribution is 1.13. The Bertz CT molecular complexity index is 3490. The topological polar surface area (TPSA) is 64.5 Å². The molecule has 11 rings (SSSR count). The van der Waals surface area contributed by atoms with Gasteiger partial charge in [0, 0.05) is 50.3 Å². The van der Waals surface area contributed by atoms with Crippen LogP contribution in [0.1, 0.15) is 11.4 Å². The smallest absolute Gasteiger partial charge is 0.160 e. The quantitative estimate of drug-likeness (QED) is 0.145. The summed E-state index contributed by atoms with van der Waals surface area (Å²) in [6.07, 6.45) is 0. The summed E-state index contributed by atoms with van der Waals surface area (Å²) in [5.74, 6) is 1.35. The predicted molar refractivity (Wildman–Crippen MR) is 271 cm³/mol. The highest BCUT2D eigenvalue weighted by molar-refractivity contribution is 5.99. The van der Waals surface area contributed by atoms with Gasteiger partial charge >= 0.3 is 0 Å². The number of benzene rings is 8. The van der Waals surface area contributed by atoms with Crippen LogP contribution in [0.5, 0.6) is 0 Å². The minimum atomic E-state index is 0.676. The fourth-order valence-electron chi connectivity index (χ4n) is 8.91. The second kappa shape index (κ2) is 17.5. The molecule has 0 amide bonds. The standard InChI is InChI=1S/C61H43N5/c1-40-32-35-50(41(2)62-40)59-51(30-17-31-54(59)52-28-14-15-29-53(52)58-39-55(43-19-6-3-7-20-43)63-61(66-58)45-23-10-5-11-24-45)47-26-16-27-48(37-47)56-38-57(65-60(64-56)44-21-8-4-9-22-44)49-34-33-42-18-12-13-25-46(42)36-49/h3-39H,1-2H3. The van der Waals surface area contributed by atoms with Crippen LogP contribution in [-0.4, -0.2) is 24.9 Å². The fraction of sp³-hybridized carbons (Fsp3) is 0.0328. The summed E-state index contributed by atoms with van der Waals surface area (Å²) in [5.41, 5.74) is 17.8. The van der Waals surface area contributed by atoms with Crippen LogP contribution in [0.4, 0.5) is 0 Å². The average Bonchev–Trinajstić information content (AvgIpc) is 3.39. The third kappa shape index (κ3) is 7.95. The number of aromatic nitrogens is 5. The molecule has 0 saturated carbocycles. The Morgan fingerprint density at radius 3 is 1.42 bits per heavy atom. The molecule has 0 saturated heterocycles. The molecule has 0 radical (unpaired) electrons. The highest BCUT2D eigenvalue weighted by Crippen LogP contribution is 2.45. The van der Waals surface area contributed by atoms with Crippen LogP contribution in [-0.2, 0) is 0 Å². The summed E-state index contributed by atoms with van der Waals surface area (Å²) in [7, 11) is 0. The van der Waals surface area contributed by atoms with Crippen LogP contribution in [0.15, 0.2) is 224 Å². The van der Waals surface area contributed by atoms with Crippen molar-refractivity contribution in [3.05, 3.63) is 236 Å². The van der Waals surface area contributed by atoms with Crippen molar-refractivity contribution in [1.82, 2.24) is 24.9 Å². The molecular weight excluding hydrogens is 803 g/mol. The maximum absolute atomic E-state index is 5.28. The van der Waals surface area contributed by atoms with Gasteiger partial charge < -0.3 is 0 Å². The Balaban J connectivity index is 1.09. The summed E-state index contributed by atoms with van der Waals surface area (Å²) in [6.45, 7) is 4.15. The number of hydrogen-bond acceptors (Lipinski definition) is 5. The molecule has 0 aliphatic carbocycles. The molecular formula is C61H43N5. The summed E-state index contributed by atoms with van der Waals surface area (Å²) >= 11 is 0. The van der Waals surface area contributed by atoms with E-state index in [9.17, 15) is 0 Å². The number of pyridine rings is 1. The van der Waals surface area contributed by atoms with Gasteiger partial charge in [-0.1, -0.05) is 194 Å². The van der Waals surface area contributed by atoms with Crippen LogP contribution < -0.4 is 0 Å². The van der Waals surface area contributed by atoms with Crippen LogP contribution in [0.3, 0.4) is 0 Å². The van der Waals surface area contributed by atoms with Gasteiger partial charge in [-0.25, -0.2) is 19.9 Å². The van der Waals surface area contributed by atoms with Crippen molar-refractivity contribution in [2.24, 2.45) is 0 Å². The largest absolute Gasteiger partial charge is 0.258 e. The van der Waals surface area contributed by atoms with Gasteiger partial charge in [0.2, 0.25) is 0 Å². The van der Waals surface area contributed by atoms with E-state index < -0.39 is 0 Å². The maximum Gasteiger partial charge on any atom is 0.160 e. The molecule has 0 unspecified atom stereocenters. The third-order valence-corrected chi connectivity index (χ3v) is 12.2. The first-order chi connectivity index (χ1) is 32.5. The molecule has 0 atom stereocenters. The van der Waals surface area contributed by atoms with Gasteiger partial charge in [-0.05, 0) is 82.8 Å². The van der Waals surface area contributed by atoms with Crippen molar-refractivity contribution >= 4 is 10.8 Å². The molecule has 0 fully saturated rings. The van der Waals surface area contributed by atoms with Crippen molar-refractivity contribution in [1.29, 1.82) is 0 Å². The molecule has 3 heterocycles. The van der Waals surface area contributed by atoms with Gasteiger partial charge in [-0.15, -0.1) is 0 Å².